The molecule has 1 unspecified atom stereocenters. The lowest BCUT2D eigenvalue weighted by molar-refractivity contribution is 0.952. The predicted octanol–water partition coefficient (Wildman–Crippen LogP) is 3.74. The highest BCUT2D eigenvalue weighted by Crippen LogP contribution is 2.26. The van der Waals surface area contributed by atoms with E-state index in [1.54, 1.807) is 0 Å². The topological polar surface area (TPSA) is 4.36 Å². The van der Waals surface area contributed by atoms with Crippen LogP contribution in [0.15, 0.2) is 22.7 Å². The minimum absolute atomic E-state index is 0.0556. The van der Waals surface area contributed by atoms with Gasteiger partial charge in [-0.3, -0.25) is 0 Å². The highest BCUT2D eigenvalue weighted by molar-refractivity contribution is 9.10. The largest absolute Gasteiger partial charge is 0.309 e. The van der Waals surface area contributed by atoms with Gasteiger partial charge in [-0.25, -0.2) is 6.57 Å². The molecule has 2 heteroatoms. The van der Waals surface area contributed by atoms with E-state index in [0.29, 0.717) is 0 Å². The molecule has 1 rings (SSSR count). The molecule has 0 saturated carbocycles. The van der Waals surface area contributed by atoms with Gasteiger partial charge in [-0.2, -0.15) is 0 Å². The van der Waals surface area contributed by atoms with Crippen LogP contribution < -0.4 is 0 Å². The Morgan fingerprint density at radius 3 is 2.67 bits per heavy atom. The Hall–Kier alpha value is -0.810. The monoisotopic (exact) mass is 223 g/mol. The van der Waals surface area contributed by atoms with Crippen molar-refractivity contribution in [3.8, 4) is 0 Å². The standard InChI is InChI=1S/C10H10BrN/c1-7-4-5-9(8(2)12-3)10(11)6-7/h4-6,8H,1-2H3. The summed E-state index contributed by atoms with van der Waals surface area (Å²) in [6.45, 7) is 10.8. The van der Waals surface area contributed by atoms with Crippen LogP contribution in [0.2, 0.25) is 0 Å². The predicted molar refractivity (Wildman–Crippen MR) is 53.9 cm³/mol. The molecule has 0 aromatic heterocycles. The SMILES string of the molecule is [C-]#[N+]C(C)c1ccc(C)cc1Br. The van der Waals surface area contributed by atoms with Gasteiger partial charge in [0.15, 0.2) is 0 Å². The number of hydrogen-bond acceptors (Lipinski definition) is 0. The molecular formula is C10H10BrN. The summed E-state index contributed by atoms with van der Waals surface area (Å²) in [7, 11) is 0. The molecule has 0 bridgehead atoms. The molecular weight excluding hydrogens is 214 g/mol. The minimum atomic E-state index is -0.0556. The van der Waals surface area contributed by atoms with Crippen molar-refractivity contribution in [3.05, 3.63) is 45.2 Å². The zero-order valence-corrected chi connectivity index (χ0v) is 8.72. The van der Waals surface area contributed by atoms with E-state index in [4.69, 9.17) is 6.57 Å². The van der Waals surface area contributed by atoms with E-state index in [1.165, 1.54) is 5.56 Å². The summed E-state index contributed by atoms with van der Waals surface area (Å²) < 4.78 is 1.03. The van der Waals surface area contributed by atoms with Crippen LogP contribution in [0.1, 0.15) is 24.1 Å². The van der Waals surface area contributed by atoms with Crippen LogP contribution in [0.3, 0.4) is 0 Å². The molecule has 1 aromatic rings. The molecule has 0 fully saturated rings. The maximum Gasteiger partial charge on any atom is 0.247 e. The normalized spacial score (nSPS) is 12.2. The number of nitrogens with zero attached hydrogens (tertiary/aromatic N) is 1. The first kappa shape index (κ1) is 9.28. The highest BCUT2D eigenvalue weighted by Gasteiger charge is 2.11. The molecule has 0 aliphatic carbocycles. The zero-order chi connectivity index (χ0) is 9.14. The number of rotatable bonds is 1. The van der Waals surface area contributed by atoms with E-state index in [0.717, 1.165) is 10.0 Å². The lowest BCUT2D eigenvalue weighted by atomic mass is 10.1. The molecule has 1 nitrogen and oxygen atoms in total. The van der Waals surface area contributed by atoms with Crippen LogP contribution in [0, 0.1) is 13.5 Å². The Balaban J connectivity index is 3.11. The maximum atomic E-state index is 6.90. The Kier molecular flexibility index (Phi) is 2.88. The third kappa shape index (κ3) is 1.86. The highest BCUT2D eigenvalue weighted by atomic mass is 79.9. The Morgan fingerprint density at radius 1 is 1.50 bits per heavy atom. The number of benzene rings is 1. The average molecular weight is 224 g/mol. The second-order valence-electron chi connectivity index (χ2n) is 2.83. The van der Waals surface area contributed by atoms with E-state index >= 15 is 0 Å². The van der Waals surface area contributed by atoms with Gasteiger partial charge in [-0.15, -0.1) is 0 Å². The van der Waals surface area contributed by atoms with E-state index < -0.39 is 0 Å². The van der Waals surface area contributed by atoms with Crippen LogP contribution in [-0.2, 0) is 0 Å². The summed E-state index contributed by atoms with van der Waals surface area (Å²) in [5.41, 5.74) is 2.28. The zero-order valence-electron chi connectivity index (χ0n) is 7.13. The molecule has 0 N–H and O–H groups in total. The molecule has 0 spiro atoms. The quantitative estimate of drug-likeness (QED) is 0.640. The van der Waals surface area contributed by atoms with Crippen molar-refractivity contribution < 1.29 is 0 Å². The molecule has 1 atom stereocenters. The van der Waals surface area contributed by atoms with E-state index in [-0.39, 0.29) is 6.04 Å². The van der Waals surface area contributed by atoms with Crippen molar-refractivity contribution in [2.75, 3.05) is 0 Å². The Morgan fingerprint density at radius 2 is 2.17 bits per heavy atom. The van der Waals surface area contributed by atoms with Gasteiger partial charge in [-0.1, -0.05) is 22.0 Å². The summed E-state index contributed by atoms with van der Waals surface area (Å²) in [6, 6.07) is 6.01. The van der Waals surface area contributed by atoms with Gasteiger partial charge < -0.3 is 4.85 Å². The Labute approximate surface area is 81.4 Å². The van der Waals surface area contributed by atoms with Gasteiger partial charge in [0.1, 0.15) is 0 Å². The lowest BCUT2D eigenvalue weighted by Gasteiger charge is -2.03. The van der Waals surface area contributed by atoms with Crippen LogP contribution in [-0.4, -0.2) is 0 Å². The van der Waals surface area contributed by atoms with Crippen LogP contribution >= 0.6 is 15.9 Å². The van der Waals surface area contributed by atoms with Gasteiger partial charge in [0.05, 0.1) is 0 Å². The molecule has 1 aromatic carbocycles. The molecule has 62 valence electrons. The first-order valence-corrected chi connectivity index (χ1v) is 4.57. The second kappa shape index (κ2) is 3.73. The van der Waals surface area contributed by atoms with Crippen LogP contribution in [0.25, 0.3) is 4.85 Å². The van der Waals surface area contributed by atoms with E-state index in [2.05, 4.69) is 20.8 Å². The van der Waals surface area contributed by atoms with Crippen LogP contribution in [0.5, 0.6) is 0 Å². The number of hydrogen-bond donors (Lipinski definition) is 0. The fraction of sp³-hybridized carbons (Fsp3) is 0.300. The fourth-order valence-electron chi connectivity index (χ4n) is 1.04. The summed E-state index contributed by atoms with van der Waals surface area (Å²) >= 11 is 3.45. The van der Waals surface area contributed by atoms with Crippen molar-refractivity contribution in [2.45, 2.75) is 19.9 Å². The van der Waals surface area contributed by atoms with Crippen LogP contribution in [0.4, 0.5) is 0 Å². The van der Waals surface area contributed by atoms with E-state index in [9.17, 15) is 0 Å². The maximum absolute atomic E-state index is 6.90. The molecule has 0 radical (unpaired) electrons. The second-order valence-corrected chi connectivity index (χ2v) is 3.68. The molecule has 0 amide bonds. The third-order valence-corrected chi connectivity index (χ3v) is 2.49. The van der Waals surface area contributed by atoms with Crippen molar-refractivity contribution >= 4 is 15.9 Å². The van der Waals surface area contributed by atoms with Gasteiger partial charge >= 0.3 is 0 Å². The molecule has 0 heterocycles. The van der Waals surface area contributed by atoms with Crippen molar-refractivity contribution in [1.29, 1.82) is 0 Å². The first-order chi connectivity index (χ1) is 5.65. The molecule has 0 aliphatic rings. The minimum Gasteiger partial charge on any atom is -0.309 e. The number of aryl methyl sites for hydroxylation is 1. The summed E-state index contributed by atoms with van der Waals surface area (Å²) in [5.74, 6) is 0. The van der Waals surface area contributed by atoms with Gasteiger partial charge in [0.2, 0.25) is 6.04 Å². The Bertz CT molecular complexity index is 325. The summed E-state index contributed by atoms with van der Waals surface area (Å²) in [4.78, 5) is 3.47. The lowest BCUT2D eigenvalue weighted by Crippen LogP contribution is -1.88. The third-order valence-electron chi connectivity index (χ3n) is 1.80. The molecule has 0 saturated heterocycles. The van der Waals surface area contributed by atoms with Gasteiger partial charge in [-0.05, 0) is 24.6 Å². The smallest absolute Gasteiger partial charge is 0.247 e. The van der Waals surface area contributed by atoms with Crippen molar-refractivity contribution in [1.82, 2.24) is 0 Å². The van der Waals surface area contributed by atoms with Crippen molar-refractivity contribution in [2.24, 2.45) is 0 Å². The number of halogens is 1. The fourth-order valence-corrected chi connectivity index (χ4v) is 1.87. The average Bonchev–Trinajstić information content (AvgIpc) is 2.03. The summed E-state index contributed by atoms with van der Waals surface area (Å²) in [5, 5.41) is 0. The van der Waals surface area contributed by atoms with Gasteiger partial charge in [0, 0.05) is 17.0 Å². The first-order valence-electron chi connectivity index (χ1n) is 3.77. The van der Waals surface area contributed by atoms with Crippen molar-refractivity contribution in [3.63, 3.8) is 0 Å². The molecule has 12 heavy (non-hydrogen) atoms. The summed E-state index contributed by atoms with van der Waals surface area (Å²) in [6.07, 6.45) is 0. The van der Waals surface area contributed by atoms with Gasteiger partial charge in [0.25, 0.3) is 0 Å². The van der Waals surface area contributed by atoms with E-state index in [1.807, 2.05) is 32.0 Å². The molecule has 0 aliphatic heterocycles.